The molecule has 3 aromatic heterocycles. The van der Waals surface area contributed by atoms with Crippen LogP contribution in [0.4, 0.5) is 0 Å². The first-order chi connectivity index (χ1) is 14.1. The molecule has 1 fully saturated rings. The molecule has 0 unspecified atom stereocenters. The average molecular weight is 392 g/mol. The van der Waals surface area contributed by atoms with Crippen LogP contribution in [0.1, 0.15) is 18.5 Å². The molecule has 1 aliphatic rings. The number of likely N-dealkylation sites (tertiary alicyclic amines) is 1. The maximum Gasteiger partial charge on any atom is 0.268 e. The predicted molar refractivity (Wildman–Crippen MR) is 109 cm³/mol. The second-order valence-corrected chi connectivity index (χ2v) is 7.55. The maximum absolute atomic E-state index is 12.5. The summed E-state index contributed by atoms with van der Waals surface area (Å²) in [7, 11) is 1.74. The van der Waals surface area contributed by atoms with Crippen LogP contribution < -0.4 is 11.1 Å². The van der Waals surface area contributed by atoms with Crippen LogP contribution in [0.3, 0.4) is 0 Å². The Labute approximate surface area is 168 Å². The Bertz CT molecular complexity index is 1080. The topological polar surface area (TPSA) is 85.9 Å². The van der Waals surface area contributed by atoms with E-state index in [1.165, 1.54) is 6.20 Å². The van der Waals surface area contributed by atoms with E-state index in [9.17, 15) is 9.59 Å². The quantitative estimate of drug-likeness (QED) is 0.651. The summed E-state index contributed by atoms with van der Waals surface area (Å²) in [6.07, 6.45) is 10.2. The molecule has 4 heterocycles. The smallest absolute Gasteiger partial charge is 0.268 e. The summed E-state index contributed by atoms with van der Waals surface area (Å²) >= 11 is 0. The first kappa shape index (κ1) is 19.2. The number of rotatable bonds is 5. The van der Waals surface area contributed by atoms with Gasteiger partial charge in [-0.25, -0.2) is 4.98 Å². The van der Waals surface area contributed by atoms with Crippen LogP contribution in [0.25, 0.3) is 11.3 Å². The number of nitrogens with zero attached hydrogens (tertiary/aromatic N) is 6. The van der Waals surface area contributed by atoms with Crippen molar-refractivity contribution >= 4 is 0 Å². The van der Waals surface area contributed by atoms with Crippen molar-refractivity contribution < 1.29 is 0 Å². The van der Waals surface area contributed by atoms with Gasteiger partial charge in [0.05, 0.1) is 23.9 Å². The molecule has 1 aliphatic heterocycles. The van der Waals surface area contributed by atoms with Gasteiger partial charge < -0.3 is 4.57 Å². The molecule has 0 spiro atoms. The molecular weight excluding hydrogens is 368 g/mol. The Morgan fingerprint density at radius 2 is 1.83 bits per heavy atom. The van der Waals surface area contributed by atoms with Gasteiger partial charge in [-0.05, 0) is 44.0 Å². The van der Waals surface area contributed by atoms with Crippen LogP contribution in [0.15, 0.2) is 58.9 Å². The van der Waals surface area contributed by atoms with Crippen molar-refractivity contribution in [2.24, 2.45) is 13.0 Å². The van der Waals surface area contributed by atoms with Crippen LogP contribution >= 0.6 is 0 Å². The van der Waals surface area contributed by atoms with E-state index in [1.54, 1.807) is 47.2 Å². The molecule has 3 aromatic rings. The number of piperidine rings is 1. The third kappa shape index (κ3) is 4.65. The molecular formula is C21H24N6O2. The molecule has 0 saturated carbocycles. The van der Waals surface area contributed by atoms with Crippen molar-refractivity contribution in [3.05, 3.63) is 75.7 Å². The van der Waals surface area contributed by atoms with Gasteiger partial charge in [-0.15, -0.1) is 0 Å². The molecule has 0 N–H and O–H groups in total. The fourth-order valence-electron chi connectivity index (χ4n) is 3.71. The van der Waals surface area contributed by atoms with Crippen LogP contribution in [0, 0.1) is 5.92 Å². The van der Waals surface area contributed by atoms with Gasteiger partial charge in [0.2, 0.25) is 0 Å². The highest BCUT2D eigenvalue weighted by Gasteiger charge is 2.20. The largest absolute Gasteiger partial charge is 0.315 e. The SMILES string of the molecule is Cn1cc(CN2CCC(Cn3cnc(-c4ccncc4)cc3=O)CC2)ncc1=O. The van der Waals surface area contributed by atoms with Crippen molar-refractivity contribution in [2.45, 2.75) is 25.9 Å². The van der Waals surface area contributed by atoms with Gasteiger partial charge in [0.25, 0.3) is 11.1 Å². The van der Waals surface area contributed by atoms with Crippen LogP contribution in [-0.2, 0) is 20.1 Å². The highest BCUT2D eigenvalue weighted by atomic mass is 16.1. The Kier molecular flexibility index (Phi) is 5.62. The second-order valence-electron chi connectivity index (χ2n) is 7.55. The fraction of sp³-hybridized carbons (Fsp3) is 0.381. The van der Waals surface area contributed by atoms with Crippen molar-refractivity contribution in [1.82, 2.24) is 29.0 Å². The maximum atomic E-state index is 12.5. The summed E-state index contributed by atoms with van der Waals surface area (Å²) in [6.45, 7) is 3.33. The third-order valence-electron chi connectivity index (χ3n) is 5.43. The van der Waals surface area contributed by atoms with E-state index >= 15 is 0 Å². The lowest BCUT2D eigenvalue weighted by Gasteiger charge is -2.31. The average Bonchev–Trinajstić information content (AvgIpc) is 2.74. The van der Waals surface area contributed by atoms with E-state index in [0.717, 1.165) is 43.7 Å². The van der Waals surface area contributed by atoms with Crippen molar-refractivity contribution in [3.63, 3.8) is 0 Å². The molecule has 0 aliphatic carbocycles. The summed E-state index contributed by atoms with van der Waals surface area (Å²) in [4.78, 5) is 39.0. The molecule has 0 bridgehead atoms. The molecule has 29 heavy (non-hydrogen) atoms. The van der Waals surface area contributed by atoms with Gasteiger partial charge in [-0.3, -0.25) is 29.0 Å². The minimum atomic E-state index is -0.0959. The lowest BCUT2D eigenvalue weighted by Crippen LogP contribution is -2.36. The molecule has 8 heteroatoms. The van der Waals surface area contributed by atoms with E-state index in [2.05, 4.69) is 19.9 Å². The first-order valence-electron chi connectivity index (χ1n) is 9.79. The number of aromatic nitrogens is 5. The molecule has 4 rings (SSSR count). The Morgan fingerprint density at radius 3 is 2.52 bits per heavy atom. The van der Waals surface area contributed by atoms with E-state index in [1.807, 2.05) is 12.1 Å². The summed E-state index contributed by atoms with van der Waals surface area (Å²) < 4.78 is 3.27. The number of pyridine rings is 1. The van der Waals surface area contributed by atoms with Gasteiger partial charge in [0, 0.05) is 50.4 Å². The molecule has 150 valence electrons. The number of aryl methyl sites for hydroxylation is 1. The number of hydrogen-bond donors (Lipinski definition) is 0. The third-order valence-corrected chi connectivity index (χ3v) is 5.43. The molecule has 1 saturated heterocycles. The van der Waals surface area contributed by atoms with Crippen molar-refractivity contribution in [3.8, 4) is 11.3 Å². The van der Waals surface area contributed by atoms with E-state index in [-0.39, 0.29) is 11.1 Å². The second kappa shape index (κ2) is 8.48. The van der Waals surface area contributed by atoms with Gasteiger partial charge in [-0.2, -0.15) is 0 Å². The molecule has 8 nitrogen and oxygen atoms in total. The first-order valence-corrected chi connectivity index (χ1v) is 9.79. The predicted octanol–water partition coefficient (Wildman–Crippen LogP) is 1.31. The summed E-state index contributed by atoms with van der Waals surface area (Å²) in [5, 5.41) is 0. The molecule has 0 atom stereocenters. The van der Waals surface area contributed by atoms with Crippen molar-refractivity contribution in [1.29, 1.82) is 0 Å². The lowest BCUT2D eigenvalue weighted by atomic mass is 9.96. The highest BCUT2D eigenvalue weighted by molar-refractivity contribution is 5.57. The fourth-order valence-corrected chi connectivity index (χ4v) is 3.71. The van der Waals surface area contributed by atoms with Crippen LogP contribution in [-0.4, -0.2) is 42.1 Å². The summed E-state index contributed by atoms with van der Waals surface area (Å²) in [5.74, 6) is 0.450. The minimum Gasteiger partial charge on any atom is -0.315 e. The standard InChI is InChI=1S/C21H24N6O2/c1-25-13-18(23-11-21(25)29)14-26-8-4-16(5-9-26)12-27-15-24-19(10-20(27)28)17-2-6-22-7-3-17/h2-3,6-7,10-11,13,15-16H,4-5,8-9,12,14H2,1H3. The van der Waals surface area contributed by atoms with Gasteiger partial charge in [0.1, 0.15) is 0 Å². The lowest BCUT2D eigenvalue weighted by molar-refractivity contribution is 0.164. The monoisotopic (exact) mass is 392 g/mol. The van der Waals surface area contributed by atoms with Gasteiger partial charge in [-0.1, -0.05) is 0 Å². The van der Waals surface area contributed by atoms with E-state index in [0.29, 0.717) is 18.2 Å². The summed E-state index contributed by atoms with van der Waals surface area (Å²) in [6, 6.07) is 5.29. The van der Waals surface area contributed by atoms with Crippen LogP contribution in [0.2, 0.25) is 0 Å². The van der Waals surface area contributed by atoms with E-state index < -0.39 is 0 Å². The molecule has 0 radical (unpaired) electrons. The van der Waals surface area contributed by atoms with Crippen LogP contribution in [0.5, 0.6) is 0 Å². The molecule has 0 amide bonds. The number of hydrogen-bond acceptors (Lipinski definition) is 6. The normalized spacial score (nSPS) is 15.5. The zero-order valence-corrected chi connectivity index (χ0v) is 16.4. The van der Waals surface area contributed by atoms with Gasteiger partial charge >= 0.3 is 0 Å². The molecule has 0 aromatic carbocycles. The minimum absolute atomic E-state index is 0.0244. The van der Waals surface area contributed by atoms with E-state index in [4.69, 9.17) is 0 Å². The zero-order chi connectivity index (χ0) is 20.2. The Morgan fingerprint density at radius 1 is 1.07 bits per heavy atom. The summed E-state index contributed by atoms with van der Waals surface area (Å²) in [5.41, 5.74) is 2.35. The Balaban J connectivity index is 1.34. The van der Waals surface area contributed by atoms with Gasteiger partial charge in [0.15, 0.2) is 0 Å². The zero-order valence-electron chi connectivity index (χ0n) is 16.4. The van der Waals surface area contributed by atoms with Crippen molar-refractivity contribution in [2.75, 3.05) is 13.1 Å². The highest BCUT2D eigenvalue weighted by Crippen LogP contribution is 2.20. The Hall–Kier alpha value is -3.13.